The second-order valence-corrected chi connectivity index (χ2v) is 3.57. The molecule has 1 rings (SSSR count). The van der Waals surface area contributed by atoms with Gasteiger partial charge in [-0.2, -0.15) is 0 Å². The summed E-state index contributed by atoms with van der Waals surface area (Å²) in [4.78, 5) is 10.1. The van der Waals surface area contributed by atoms with Gasteiger partial charge in [-0.05, 0) is 11.5 Å². The summed E-state index contributed by atoms with van der Waals surface area (Å²) in [6.45, 7) is 3.68. The molecular formula is C9H12BNO4. The van der Waals surface area contributed by atoms with Crippen molar-refractivity contribution in [1.82, 2.24) is 0 Å². The van der Waals surface area contributed by atoms with Crippen molar-refractivity contribution < 1.29 is 15.0 Å². The van der Waals surface area contributed by atoms with Crippen molar-refractivity contribution in [2.75, 3.05) is 0 Å². The summed E-state index contributed by atoms with van der Waals surface area (Å²) in [5.41, 5.74) is 0.313. The van der Waals surface area contributed by atoms with E-state index in [0.29, 0.717) is 5.56 Å². The second kappa shape index (κ2) is 4.42. The molecule has 0 amide bonds. The highest BCUT2D eigenvalue weighted by molar-refractivity contribution is 6.60. The lowest BCUT2D eigenvalue weighted by Gasteiger charge is -2.11. The third kappa shape index (κ3) is 2.34. The highest BCUT2D eigenvalue weighted by atomic mass is 16.6. The van der Waals surface area contributed by atoms with E-state index in [1.807, 2.05) is 13.8 Å². The number of nitrogens with zero attached hydrogens (tertiary/aromatic N) is 1. The normalized spacial score (nSPS) is 10.5. The van der Waals surface area contributed by atoms with Crippen molar-refractivity contribution in [3.05, 3.63) is 33.9 Å². The molecule has 0 aromatic heterocycles. The number of nitro benzene ring substituents is 1. The molecule has 0 fully saturated rings. The summed E-state index contributed by atoms with van der Waals surface area (Å²) in [6.07, 6.45) is 0. The molecule has 5 nitrogen and oxygen atoms in total. The summed E-state index contributed by atoms with van der Waals surface area (Å²) in [7, 11) is -1.82. The van der Waals surface area contributed by atoms with Crippen LogP contribution >= 0.6 is 0 Å². The zero-order chi connectivity index (χ0) is 11.6. The molecule has 15 heavy (non-hydrogen) atoms. The van der Waals surface area contributed by atoms with Crippen molar-refractivity contribution in [2.24, 2.45) is 0 Å². The van der Waals surface area contributed by atoms with E-state index in [-0.39, 0.29) is 17.1 Å². The number of rotatable bonds is 3. The van der Waals surface area contributed by atoms with Gasteiger partial charge in [0.1, 0.15) is 0 Å². The van der Waals surface area contributed by atoms with E-state index in [1.165, 1.54) is 6.07 Å². The molecule has 0 heterocycles. The first-order chi connectivity index (χ1) is 6.95. The Balaban J connectivity index is 3.42. The summed E-state index contributed by atoms with van der Waals surface area (Å²) in [5, 5.41) is 29.0. The molecule has 0 radical (unpaired) electrons. The predicted octanol–water partition coefficient (Wildman–Crippen LogP) is 0.398. The van der Waals surface area contributed by atoms with Crippen LogP contribution in [0.3, 0.4) is 0 Å². The minimum Gasteiger partial charge on any atom is -0.423 e. The second-order valence-electron chi connectivity index (χ2n) is 3.57. The van der Waals surface area contributed by atoms with Crippen LogP contribution in [0.4, 0.5) is 5.69 Å². The fourth-order valence-electron chi connectivity index (χ4n) is 1.51. The van der Waals surface area contributed by atoms with Gasteiger partial charge in [0.25, 0.3) is 5.69 Å². The third-order valence-electron chi connectivity index (χ3n) is 2.19. The van der Waals surface area contributed by atoms with Crippen LogP contribution in [0.25, 0.3) is 0 Å². The Kier molecular flexibility index (Phi) is 3.44. The molecule has 80 valence electrons. The number of hydrogen-bond acceptors (Lipinski definition) is 4. The van der Waals surface area contributed by atoms with Crippen molar-refractivity contribution in [3.8, 4) is 0 Å². The van der Waals surface area contributed by atoms with Crippen LogP contribution in [-0.4, -0.2) is 22.1 Å². The molecule has 1 aromatic rings. The lowest BCUT2D eigenvalue weighted by Crippen LogP contribution is -2.35. The minimum atomic E-state index is -1.82. The SMILES string of the molecule is CC(C)c1cccc([N+](=O)[O-])c1B(O)O. The third-order valence-corrected chi connectivity index (χ3v) is 2.19. The lowest BCUT2D eigenvalue weighted by molar-refractivity contribution is -0.383. The minimum absolute atomic E-state index is 0.00157. The van der Waals surface area contributed by atoms with E-state index in [9.17, 15) is 10.1 Å². The van der Waals surface area contributed by atoms with Crippen LogP contribution in [0.1, 0.15) is 25.3 Å². The van der Waals surface area contributed by atoms with Gasteiger partial charge in [-0.1, -0.05) is 26.0 Å². The van der Waals surface area contributed by atoms with Crippen LogP contribution in [0.5, 0.6) is 0 Å². The van der Waals surface area contributed by atoms with E-state index in [0.717, 1.165) is 0 Å². The Morgan fingerprint density at radius 2 is 2.00 bits per heavy atom. The average Bonchev–Trinajstić information content (AvgIpc) is 2.16. The van der Waals surface area contributed by atoms with E-state index >= 15 is 0 Å². The molecule has 6 heteroatoms. The van der Waals surface area contributed by atoms with Crippen LogP contribution in [-0.2, 0) is 0 Å². The van der Waals surface area contributed by atoms with Crippen molar-refractivity contribution in [2.45, 2.75) is 19.8 Å². The maximum atomic E-state index is 10.7. The molecule has 0 aliphatic heterocycles. The van der Waals surface area contributed by atoms with Gasteiger partial charge in [-0.15, -0.1) is 0 Å². The fraction of sp³-hybridized carbons (Fsp3) is 0.333. The molecule has 0 aliphatic carbocycles. The highest BCUT2D eigenvalue weighted by Crippen LogP contribution is 2.18. The van der Waals surface area contributed by atoms with Crippen molar-refractivity contribution >= 4 is 18.3 Å². The van der Waals surface area contributed by atoms with E-state index in [1.54, 1.807) is 12.1 Å². The number of nitro groups is 1. The summed E-state index contributed by atoms with van der Waals surface area (Å²) in [5.74, 6) is 0.00157. The van der Waals surface area contributed by atoms with Gasteiger partial charge < -0.3 is 10.0 Å². The molecule has 0 saturated heterocycles. The molecule has 2 N–H and O–H groups in total. The van der Waals surface area contributed by atoms with Gasteiger partial charge in [-0.3, -0.25) is 10.1 Å². The zero-order valence-electron chi connectivity index (χ0n) is 8.54. The van der Waals surface area contributed by atoms with Crippen molar-refractivity contribution in [3.63, 3.8) is 0 Å². The lowest BCUT2D eigenvalue weighted by atomic mass is 9.73. The van der Waals surface area contributed by atoms with Crippen LogP contribution < -0.4 is 5.46 Å². The van der Waals surface area contributed by atoms with E-state index < -0.39 is 12.0 Å². The Bertz CT molecular complexity index is 378. The molecule has 0 spiro atoms. The fourth-order valence-corrected chi connectivity index (χ4v) is 1.51. The molecule has 0 aliphatic rings. The maximum absolute atomic E-state index is 10.7. The summed E-state index contributed by atoms with van der Waals surface area (Å²) >= 11 is 0. The van der Waals surface area contributed by atoms with Gasteiger partial charge in [0.15, 0.2) is 0 Å². The Hall–Kier alpha value is -1.40. The topological polar surface area (TPSA) is 83.6 Å². The summed E-state index contributed by atoms with van der Waals surface area (Å²) in [6, 6.07) is 4.46. The van der Waals surface area contributed by atoms with Crippen molar-refractivity contribution in [1.29, 1.82) is 0 Å². The number of hydrogen-bond donors (Lipinski definition) is 2. The quantitative estimate of drug-likeness (QED) is 0.428. The first-order valence-electron chi connectivity index (χ1n) is 4.58. The summed E-state index contributed by atoms with van der Waals surface area (Å²) < 4.78 is 0. The zero-order valence-corrected chi connectivity index (χ0v) is 8.54. The van der Waals surface area contributed by atoms with Gasteiger partial charge in [-0.25, -0.2) is 0 Å². The van der Waals surface area contributed by atoms with E-state index in [2.05, 4.69) is 0 Å². The van der Waals surface area contributed by atoms with Crippen LogP contribution in [0.15, 0.2) is 18.2 Å². The molecule has 0 saturated carbocycles. The molecule has 1 aromatic carbocycles. The van der Waals surface area contributed by atoms with Gasteiger partial charge in [0.2, 0.25) is 0 Å². The van der Waals surface area contributed by atoms with Crippen LogP contribution in [0, 0.1) is 10.1 Å². The Labute approximate surface area is 87.7 Å². The monoisotopic (exact) mass is 209 g/mol. The molecular weight excluding hydrogens is 197 g/mol. The number of benzene rings is 1. The van der Waals surface area contributed by atoms with Gasteiger partial charge in [0, 0.05) is 6.07 Å². The Morgan fingerprint density at radius 1 is 1.40 bits per heavy atom. The maximum Gasteiger partial charge on any atom is 0.495 e. The van der Waals surface area contributed by atoms with Gasteiger partial charge >= 0.3 is 7.12 Å². The first kappa shape index (κ1) is 11.7. The molecule has 0 bridgehead atoms. The average molecular weight is 209 g/mol. The first-order valence-corrected chi connectivity index (χ1v) is 4.58. The molecule has 0 unspecified atom stereocenters. The van der Waals surface area contributed by atoms with E-state index in [4.69, 9.17) is 10.0 Å². The standard InChI is InChI=1S/C9H12BNO4/c1-6(2)7-4-3-5-8(11(14)15)9(7)10(12)13/h3-6,12-13H,1-2H3. The predicted molar refractivity (Wildman–Crippen MR) is 57.0 cm³/mol. The van der Waals surface area contributed by atoms with Gasteiger partial charge in [0.05, 0.1) is 10.4 Å². The highest BCUT2D eigenvalue weighted by Gasteiger charge is 2.27. The largest absolute Gasteiger partial charge is 0.495 e. The Morgan fingerprint density at radius 3 is 2.40 bits per heavy atom. The van der Waals surface area contributed by atoms with Crippen LogP contribution in [0.2, 0.25) is 0 Å². The molecule has 0 atom stereocenters. The smallest absolute Gasteiger partial charge is 0.423 e.